The third kappa shape index (κ3) is 8.20. The van der Waals surface area contributed by atoms with E-state index in [1.54, 1.807) is 19.1 Å². The van der Waals surface area contributed by atoms with E-state index in [0.29, 0.717) is 23.2 Å². The van der Waals surface area contributed by atoms with Gasteiger partial charge >= 0.3 is 23.9 Å². The van der Waals surface area contributed by atoms with Crippen LogP contribution in [0.4, 0.5) is 0 Å². The summed E-state index contributed by atoms with van der Waals surface area (Å²) in [5.41, 5.74) is 1.57. The summed E-state index contributed by atoms with van der Waals surface area (Å²) in [6.07, 6.45) is 7.81. The van der Waals surface area contributed by atoms with E-state index < -0.39 is 0 Å². The van der Waals surface area contributed by atoms with E-state index in [-0.39, 0.29) is 53.5 Å². The van der Waals surface area contributed by atoms with E-state index in [9.17, 15) is 19.2 Å². The number of carbonyl (C=O) groups excluding carboxylic acids is 4. The van der Waals surface area contributed by atoms with Crippen LogP contribution in [0.3, 0.4) is 0 Å². The van der Waals surface area contributed by atoms with Crippen molar-refractivity contribution in [3.05, 3.63) is 42.0 Å². The van der Waals surface area contributed by atoms with Gasteiger partial charge in [0.25, 0.3) is 0 Å². The Balaban J connectivity index is 0.000000172. The molecule has 0 aromatic heterocycles. The van der Waals surface area contributed by atoms with Gasteiger partial charge in [0.1, 0.15) is 23.6 Å². The highest BCUT2D eigenvalue weighted by Gasteiger charge is 2.63. The summed E-state index contributed by atoms with van der Waals surface area (Å²) >= 11 is 0. The van der Waals surface area contributed by atoms with Gasteiger partial charge in [-0.15, -0.1) is 0 Å². The van der Waals surface area contributed by atoms with Gasteiger partial charge in [0.2, 0.25) is 0 Å². The molecule has 1 aliphatic heterocycles. The van der Waals surface area contributed by atoms with Crippen LogP contribution >= 0.6 is 0 Å². The molecule has 3 saturated carbocycles. The molecule has 226 valence electrons. The second-order valence-electron chi connectivity index (χ2n) is 12.0. The molecule has 0 N–H and O–H groups in total. The zero-order chi connectivity index (χ0) is 30.3. The first-order valence-electron chi connectivity index (χ1n) is 15.0. The smallest absolute Gasteiger partial charge is 0.333 e. The molecular weight excluding hydrogens is 524 g/mol. The molecule has 1 saturated heterocycles. The third-order valence-corrected chi connectivity index (χ3v) is 8.55. The summed E-state index contributed by atoms with van der Waals surface area (Å²) < 4.78 is 21.1. The number of hydrogen-bond acceptors (Lipinski definition) is 8. The fourth-order valence-electron chi connectivity index (χ4n) is 6.12. The molecular formula is C33H46O8. The lowest BCUT2D eigenvalue weighted by Crippen LogP contribution is -2.36. The van der Waals surface area contributed by atoms with Crippen molar-refractivity contribution in [1.82, 2.24) is 0 Å². The average molecular weight is 571 g/mol. The number of aryl methyl sites for hydroxylation is 1. The van der Waals surface area contributed by atoms with E-state index in [4.69, 9.17) is 18.9 Å². The maximum absolute atomic E-state index is 11.6. The molecule has 5 rings (SSSR count). The highest BCUT2D eigenvalue weighted by Crippen LogP contribution is 2.55. The van der Waals surface area contributed by atoms with Gasteiger partial charge in [-0.1, -0.05) is 46.4 Å². The summed E-state index contributed by atoms with van der Waals surface area (Å²) in [7, 11) is 0. The number of carbonyl (C=O) groups is 4. The van der Waals surface area contributed by atoms with Crippen molar-refractivity contribution >= 4 is 23.9 Å². The topological polar surface area (TPSA) is 105 Å². The van der Waals surface area contributed by atoms with Crippen molar-refractivity contribution in [2.75, 3.05) is 0 Å². The van der Waals surface area contributed by atoms with Crippen LogP contribution in [-0.2, 0) is 39.8 Å². The van der Waals surface area contributed by atoms with Gasteiger partial charge in [0, 0.05) is 24.3 Å². The van der Waals surface area contributed by atoms with Gasteiger partial charge in [-0.05, 0) is 76.0 Å². The number of rotatable bonds is 7. The number of esters is 4. The maximum Gasteiger partial charge on any atom is 0.333 e. The van der Waals surface area contributed by atoms with Crippen molar-refractivity contribution in [1.29, 1.82) is 0 Å². The molecule has 1 heterocycles. The van der Waals surface area contributed by atoms with Crippen LogP contribution in [0.1, 0.15) is 92.1 Å². The fourth-order valence-corrected chi connectivity index (χ4v) is 6.12. The van der Waals surface area contributed by atoms with Gasteiger partial charge in [-0.2, -0.15) is 0 Å². The van der Waals surface area contributed by atoms with E-state index in [1.807, 2.05) is 26.0 Å². The summed E-state index contributed by atoms with van der Waals surface area (Å²) in [5.74, 6) is 0.452. The molecule has 0 radical (unpaired) electrons. The average Bonchev–Trinajstić information content (AvgIpc) is 3.69. The Kier molecular flexibility index (Phi) is 11.2. The van der Waals surface area contributed by atoms with Crippen LogP contribution in [-0.4, -0.2) is 41.7 Å². The van der Waals surface area contributed by atoms with E-state index in [1.165, 1.54) is 25.3 Å². The van der Waals surface area contributed by atoms with Crippen LogP contribution in [0, 0.1) is 23.7 Å². The molecule has 1 aromatic rings. The fraction of sp³-hybridized carbons (Fsp3) is 0.636. The van der Waals surface area contributed by atoms with Gasteiger partial charge in [-0.25, -0.2) is 4.79 Å². The van der Waals surface area contributed by atoms with Crippen LogP contribution < -0.4 is 4.74 Å². The maximum atomic E-state index is 11.6. The quantitative estimate of drug-likeness (QED) is 0.167. The summed E-state index contributed by atoms with van der Waals surface area (Å²) in [4.78, 5) is 45.0. The summed E-state index contributed by atoms with van der Waals surface area (Å²) in [6, 6.07) is 7.52. The van der Waals surface area contributed by atoms with Crippen molar-refractivity contribution in [3.8, 4) is 5.75 Å². The van der Waals surface area contributed by atoms with Crippen molar-refractivity contribution in [3.63, 3.8) is 0 Å². The molecule has 3 aliphatic carbocycles. The Morgan fingerprint density at radius 3 is 2.20 bits per heavy atom. The van der Waals surface area contributed by atoms with Crippen LogP contribution in [0.25, 0.3) is 0 Å². The van der Waals surface area contributed by atoms with E-state index in [0.717, 1.165) is 38.5 Å². The highest BCUT2D eigenvalue weighted by atomic mass is 16.6. The lowest BCUT2D eigenvalue weighted by Gasteiger charge is -2.27. The SMILES string of the molecule is C=C(C)C(=O)OC1(CC)CCCC1.CC(C)C(=O)OC1C2CC3C(=O)OC1C3C2.CCc1ccc(OC(C)=O)cc1. The van der Waals surface area contributed by atoms with Crippen molar-refractivity contribution < 1.29 is 38.1 Å². The van der Waals surface area contributed by atoms with Gasteiger partial charge in [0.15, 0.2) is 0 Å². The third-order valence-electron chi connectivity index (χ3n) is 8.55. The van der Waals surface area contributed by atoms with Crippen LogP contribution in [0.2, 0.25) is 0 Å². The summed E-state index contributed by atoms with van der Waals surface area (Å²) in [6.45, 7) is 14.5. The van der Waals surface area contributed by atoms with Gasteiger partial charge in [-0.3, -0.25) is 14.4 Å². The molecule has 8 heteroatoms. The lowest BCUT2D eigenvalue weighted by atomic mass is 9.88. The normalized spacial score (nSPS) is 26.2. The lowest BCUT2D eigenvalue weighted by molar-refractivity contribution is -0.164. The van der Waals surface area contributed by atoms with E-state index >= 15 is 0 Å². The first kappa shape index (κ1) is 32.4. The van der Waals surface area contributed by atoms with Crippen molar-refractivity contribution in [2.45, 2.75) is 111 Å². The minimum Gasteiger partial charge on any atom is -0.458 e. The second-order valence-corrected chi connectivity index (χ2v) is 12.0. The molecule has 41 heavy (non-hydrogen) atoms. The zero-order valence-corrected chi connectivity index (χ0v) is 25.4. The molecule has 5 unspecified atom stereocenters. The second kappa shape index (κ2) is 14.1. The monoisotopic (exact) mass is 570 g/mol. The number of hydrogen-bond donors (Lipinski definition) is 0. The predicted molar refractivity (Wildman–Crippen MR) is 154 cm³/mol. The largest absolute Gasteiger partial charge is 0.458 e. The van der Waals surface area contributed by atoms with E-state index in [2.05, 4.69) is 20.4 Å². The number of ether oxygens (including phenoxy) is 4. The minimum absolute atomic E-state index is 0.0828. The Morgan fingerprint density at radius 2 is 1.68 bits per heavy atom. The molecule has 1 aromatic carbocycles. The Morgan fingerprint density at radius 1 is 1.05 bits per heavy atom. The molecule has 0 spiro atoms. The van der Waals surface area contributed by atoms with Gasteiger partial charge < -0.3 is 18.9 Å². The Hall–Kier alpha value is -3.16. The zero-order valence-electron chi connectivity index (χ0n) is 25.4. The molecule has 4 aliphatic rings. The predicted octanol–water partition coefficient (Wildman–Crippen LogP) is 6.14. The summed E-state index contributed by atoms with van der Waals surface area (Å²) in [5, 5.41) is 0. The highest BCUT2D eigenvalue weighted by molar-refractivity contribution is 5.87. The van der Waals surface area contributed by atoms with Crippen LogP contribution in [0.5, 0.6) is 5.75 Å². The first-order valence-corrected chi connectivity index (χ1v) is 15.0. The standard InChI is InChI=1S/C12H16O4.C11H18O2.C10H12O2/c1-5(2)11(13)15-9-6-3-7-8(4-6)12(14)16-10(7)9;1-4-11(7-5-6-8-11)13-10(12)9(2)3;1-3-9-4-6-10(7-5-9)12-8(2)11/h5-10H,3-4H2,1-2H3;2,4-8H2,1,3H3;4-7H,3H2,1-2H3. The minimum atomic E-state index is -0.278. The number of benzene rings is 1. The van der Waals surface area contributed by atoms with Gasteiger partial charge in [0.05, 0.1) is 11.8 Å². The molecule has 4 fully saturated rings. The first-order chi connectivity index (χ1) is 19.4. The Labute approximate surface area is 244 Å². The molecule has 0 amide bonds. The van der Waals surface area contributed by atoms with Crippen LogP contribution in [0.15, 0.2) is 36.4 Å². The molecule has 5 atom stereocenters. The molecule has 2 bridgehead atoms. The number of fused-ring (bicyclic) bond motifs is 1. The Bertz CT molecular complexity index is 1100. The van der Waals surface area contributed by atoms with Crippen molar-refractivity contribution in [2.24, 2.45) is 23.7 Å². The molecule has 8 nitrogen and oxygen atoms in total.